The van der Waals surface area contributed by atoms with E-state index < -0.39 is 0 Å². The average molecular weight is 256 g/mol. The van der Waals surface area contributed by atoms with Crippen LogP contribution in [-0.4, -0.2) is 23.6 Å². The maximum absolute atomic E-state index is 12.0. The predicted octanol–water partition coefficient (Wildman–Crippen LogP) is 2.56. The summed E-state index contributed by atoms with van der Waals surface area (Å²) in [6, 6.07) is 12.2. The van der Waals surface area contributed by atoms with Gasteiger partial charge in [-0.2, -0.15) is 5.26 Å². The van der Waals surface area contributed by atoms with Gasteiger partial charge in [0.1, 0.15) is 6.61 Å². The summed E-state index contributed by atoms with van der Waals surface area (Å²) in [5, 5.41) is 8.98. The molecule has 0 spiro atoms. The standard InChI is InChI=1S/C15H16N2O2/c16-9-12-6-7-17(14-8-13(12)14)15(18)19-10-11-4-2-1-3-5-11/h1-5,12-14H,6-8,10H2. The first-order valence-electron chi connectivity index (χ1n) is 6.66. The lowest BCUT2D eigenvalue weighted by Crippen LogP contribution is -2.40. The minimum Gasteiger partial charge on any atom is -0.445 e. The van der Waals surface area contributed by atoms with Crippen LogP contribution in [0.1, 0.15) is 18.4 Å². The molecule has 1 amide bonds. The number of nitrogens with zero attached hydrogens (tertiary/aromatic N) is 2. The van der Waals surface area contributed by atoms with E-state index in [1.54, 1.807) is 4.90 Å². The van der Waals surface area contributed by atoms with Crippen molar-refractivity contribution >= 4 is 6.09 Å². The van der Waals surface area contributed by atoms with Gasteiger partial charge >= 0.3 is 6.09 Å². The fourth-order valence-electron chi connectivity index (χ4n) is 2.84. The average Bonchev–Trinajstić information content (AvgIpc) is 3.25. The molecule has 0 aromatic heterocycles. The molecule has 1 saturated heterocycles. The smallest absolute Gasteiger partial charge is 0.410 e. The van der Waals surface area contributed by atoms with E-state index in [0.717, 1.165) is 18.4 Å². The summed E-state index contributed by atoms with van der Waals surface area (Å²) < 4.78 is 5.34. The molecule has 19 heavy (non-hydrogen) atoms. The van der Waals surface area contributed by atoms with Crippen LogP contribution >= 0.6 is 0 Å². The summed E-state index contributed by atoms with van der Waals surface area (Å²) in [6.45, 7) is 0.961. The number of hydrogen-bond acceptors (Lipinski definition) is 3. The SMILES string of the molecule is N#CC1CCN(C(=O)OCc2ccccc2)C2CC12. The van der Waals surface area contributed by atoms with Crippen LogP contribution in [0.3, 0.4) is 0 Å². The molecule has 1 aliphatic heterocycles. The van der Waals surface area contributed by atoms with Crippen LogP contribution in [0.25, 0.3) is 0 Å². The van der Waals surface area contributed by atoms with Gasteiger partial charge < -0.3 is 9.64 Å². The Hall–Kier alpha value is -2.02. The molecule has 2 aliphatic rings. The van der Waals surface area contributed by atoms with Crippen LogP contribution in [0.2, 0.25) is 0 Å². The van der Waals surface area contributed by atoms with Gasteiger partial charge in [-0.3, -0.25) is 0 Å². The molecule has 1 heterocycles. The highest BCUT2D eigenvalue weighted by atomic mass is 16.6. The predicted molar refractivity (Wildman–Crippen MR) is 68.9 cm³/mol. The number of fused-ring (bicyclic) bond motifs is 1. The molecule has 3 atom stereocenters. The number of nitriles is 1. The van der Waals surface area contributed by atoms with Crippen LogP contribution in [-0.2, 0) is 11.3 Å². The maximum atomic E-state index is 12.0. The zero-order chi connectivity index (χ0) is 13.2. The Bertz CT molecular complexity index is 509. The van der Waals surface area contributed by atoms with Gasteiger partial charge in [-0.05, 0) is 24.3 Å². The summed E-state index contributed by atoms with van der Waals surface area (Å²) in [4.78, 5) is 13.8. The lowest BCUT2D eigenvalue weighted by atomic mass is 9.98. The van der Waals surface area contributed by atoms with E-state index in [9.17, 15) is 4.79 Å². The molecule has 4 nitrogen and oxygen atoms in total. The highest BCUT2D eigenvalue weighted by Gasteiger charge is 2.52. The highest BCUT2D eigenvalue weighted by Crippen LogP contribution is 2.46. The highest BCUT2D eigenvalue weighted by molar-refractivity contribution is 5.69. The van der Waals surface area contributed by atoms with Crippen molar-refractivity contribution in [3.05, 3.63) is 35.9 Å². The molecule has 3 rings (SSSR count). The molecule has 3 unspecified atom stereocenters. The van der Waals surface area contributed by atoms with Gasteiger partial charge in [0.15, 0.2) is 0 Å². The van der Waals surface area contributed by atoms with E-state index in [2.05, 4.69) is 6.07 Å². The number of carbonyl (C=O) groups excluding carboxylic acids is 1. The normalized spacial score (nSPS) is 28.2. The van der Waals surface area contributed by atoms with Crippen molar-refractivity contribution in [3.8, 4) is 6.07 Å². The van der Waals surface area contributed by atoms with E-state index in [0.29, 0.717) is 19.1 Å². The Morgan fingerprint density at radius 3 is 2.95 bits per heavy atom. The first-order chi connectivity index (χ1) is 9.29. The van der Waals surface area contributed by atoms with E-state index in [1.807, 2.05) is 30.3 Å². The summed E-state index contributed by atoms with van der Waals surface area (Å²) in [5.74, 6) is 0.506. The van der Waals surface area contributed by atoms with E-state index in [-0.39, 0.29) is 18.1 Å². The lowest BCUT2D eigenvalue weighted by Gasteiger charge is -2.28. The molecule has 0 N–H and O–H groups in total. The summed E-state index contributed by atoms with van der Waals surface area (Å²) in [6.07, 6.45) is 1.49. The van der Waals surface area contributed by atoms with Crippen molar-refractivity contribution in [1.29, 1.82) is 5.26 Å². The van der Waals surface area contributed by atoms with Crippen LogP contribution in [0.5, 0.6) is 0 Å². The Morgan fingerprint density at radius 2 is 2.21 bits per heavy atom. The second-order valence-corrected chi connectivity index (χ2v) is 5.22. The molecule has 1 saturated carbocycles. The number of hydrogen-bond donors (Lipinski definition) is 0. The Kier molecular flexibility index (Phi) is 3.12. The fourth-order valence-corrected chi connectivity index (χ4v) is 2.84. The van der Waals surface area contributed by atoms with E-state index >= 15 is 0 Å². The number of amides is 1. The maximum Gasteiger partial charge on any atom is 0.410 e. The Morgan fingerprint density at radius 1 is 1.42 bits per heavy atom. The molecule has 4 heteroatoms. The molecule has 0 bridgehead atoms. The molecular weight excluding hydrogens is 240 g/mol. The molecule has 1 aliphatic carbocycles. The third-order valence-electron chi connectivity index (χ3n) is 4.01. The monoisotopic (exact) mass is 256 g/mol. The number of carbonyl (C=O) groups is 1. The molecule has 98 valence electrons. The van der Waals surface area contributed by atoms with Crippen molar-refractivity contribution in [2.75, 3.05) is 6.54 Å². The zero-order valence-electron chi connectivity index (χ0n) is 10.7. The number of rotatable bonds is 2. The zero-order valence-corrected chi connectivity index (χ0v) is 10.7. The fraction of sp³-hybridized carbons (Fsp3) is 0.467. The largest absolute Gasteiger partial charge is 0.445 e. The van der Waals surface area contributed by atoms with Crippen molar-refractivity contribution in [2.45, 2.75) is 25.5 Å². The third kappa shape index (κ3) is 2.41. The lowest BCUT2D eigenvalue weighted by molar-refractivity contribution is 0.0824. The van der Waals surface area contributed by atoms with Crippen molar-refractivity contribution in [1.82, 2.24) is 4.90 Å². The Balaban J connectivity index is 1.54. The third-order valence-corrected chi connectivity index (χ3v) is 4.01. The summed E-state index contributed by atoms with van der Waals surface area (Å²) >= 11 is 0. The van der Waals surface area contributed by atoms with Gasteiger partial charge in [0, 0.05) is 12.6 Å². The van der Waals surface area contributed by atoms with Gasteiger partial charge in [-0.1, -0.05) is 30.3 Å². The van der Waals surface area contributed by atoms with Gasteiger partial charge in [0.2, 0.25) is 0 Å². The number of ether oxygens (including phenoxy) is 1. The quantitative estimate of drug-likeness (QED) is 0.817. The minimum absolute atomic E-state index is 0.128. The van der Waals surface area contributed by atoms with Crippen LogP contribution in [0.4, 0.5) is 4.79 Å². The minimum atomic E-state index is -0.243. The molecule has 0 radical (unpaired) electrons. The topological polar surface area (TPSA) is 53.3 Å². The molecule has 1 aromatic rings. The Labute approximate surface area is 112 Å². The van der Waals surface area contributed by atoms with Gasteiger partial charge in [0.05, 0.1) is 12.0 Å². The molecule has 1 aromatic carbocycles. The van der Waals surface area contributed by atoms with Crippen LogP contribution in [0, 0.1) is 23.2 Å². The van der Waals surface area contributed by atoms with Gasteiger partial charge in [-0.25, -0.2) is 4.79 Å². The second-order valence-electron chi connectivity index (χ2n) is 5.22. The van der Waals surface area contributed by atoms with Gasteiger partial charge in [0.25, 0.3) is 0 Å². The molecular formula is C15H16N2O2. The summed E-state index contributed by atoms with van der Waals surface area (Å²) in [5.41, 5.74) is 0.995. The van der Waals surface area contributed by atoms with Crippen LogP contribution < -0.4 is 0 Å². The first kappa shape index (κ1) is 12.0. The number of likely N-dealkylation sites (tertiary alicyclic amines) is 1. The van der Waals surface area contributed by atoms with Crippen molar-refractivity contribution < 1.29 is 9.53 Å². The van der Waals surface area contributed by atoms with Crippen molar-refractivity contribution in [3.63, 3.8) is 0 Å². The van der Waals surface area contributed by atoms with Crippen LogP contribution in [0.15, 0.2) is 30.3 Å². The summed E-state index contributed by atoms with van der Waals surface area (Å²) in [7, 11) is 0. The van der Waals surface area contributed by atoms with E-state index in [4.69, 9.17) is 10.00 Å². The second kappa shape index (κ2) is 4.93. The van der Waals surface area contributed by atoms with E-state index in [1.165, 1.54) is 0 Å². The van der Waals surface area contributed by atoms with Crippen molar-refractivity contribution in [2.24, 2.45) is 11.8 Å². The number of piperidine rings is 1. The molecule has 2 fully saturated rings. The number of benzene rings is 1. The first-order valence-corrected chi connectivity index (χ1v) is 6.66. The van der Waals surface area contributed by atoms with Gasteiger partial charge in [-0.15, -0.1) is 0 Å².